The molecule has 1 aromatic carbocycles. The highest BCUT2D eigenvalue weighted by molar-refractivity contribution is 5.94. The summed E-state index contributed by atoms with van der Waals surface area (Å²) in [6, 6.07) is 13.0. The van der Waals surface area contributed by atoms with Crippen molar-refractivity contribution in [2.45, 2.75) is 51.2 Å². The lowest BCUT2D eigenvalue weighted by atomic mass is 9.88. The number of piperidine rings is 1. The van der Waals surface area contributed by atoms with Gasteiger partial charge in [0.2, 0.25) is 0 Å². The Labute approximate surface area is 205 Å². The molecule has 2 aromatic heterocycles. The molecular weight excluding hydrogens is 442 g/mol. The van der Waals surface area contributed by atoms with Crippen LogP contribution >= 0.6 is 0 Å². The van der Waals surface area contributed by atoms with Crippen LogP contribution in [-0.4, -0.2) is 62.8 Å². The lowest BCUT2D eigenvalue weighted by molar-refractivity contribution is -0.0712. The lowest BCUT2D eigenvalue weighted by Crippen LogP contribution is -2.47. The number of aryl methyl sites for hydroxylation is 2. The predicted molar refractivity (Wildman–Crippen MR) is 132 cm³/mol. The van der Waals surface area contributed by atoms with Gasteiger partial charge in [0.15, 0.2) is 0 Å². The molecule has 8 heteroatoms. The van der Waals surface area contributed by atoms with Crippen LogP contribution in [0.5, 0.6) is 0 Å². The minimum atomic E-state index is -0.189. The highest BCUT2D eigenvalue weighted by Gasteiger charge is 2.43. The molecule has 2 aliphatic rings. The van der Waals surface area contributed by atoms with Gasteiger partial charge in [0.25, 0.3) is 11.8 Å². The predicted octanol–water partition coefficient (Wildman–Crippen LogP) is 3.47. The fourth-order valence-corrected chi connectivity index (χ4v) is 5.15. The summed E-state index contributed by atoms with van der Waals surface area (Å²) >= 11 is 0. The number of hydrogen-bond donors (Lipinski definition) is 1. The van der Waals surface area contributed by atoms with Crippen LogP contribution in [0.2, 0.25) is 0 Å². The molecule has 0 bridgehead atoms. The summed E-state index contributed by atoms with van der Waals surface area (Å²) in [5.74, 6) is -0.0554. The number of amides is 2. The van der Waals surface area contributed by atoms with Gasteiger partial charge in [-0.2, -0.15) is 5.10 Å². The number of hydrogen-bond acceptors (Lipinski definition) is 5. The third-order valence-electron chi connectivity index (χ3n) is 7.10. The Hall–Kier alpha value is -3.52. The van der Waals surface area contributed by atoms with Gasteiger partial charge in [0.05, 0.1) is 23.1 Å². The Balaban J connectivity index is 1.11. The first kappa shape index (κ1) is 23.2. The van der Waals surface area contributed by atoms with Gasteiger partial charge in [-0.05, 0) is 82.0 Å². The van der Waals surface area contributed by atoms with E-state index in [1.165, 1.54) is 0 Å². The lowest BCUT2D eigenvalue weighted by Gasteiger charge is -2.39. The quantitative estimate of drug-likeness (QED) is 0.613. The number of carbonyl (C=O) groups is 2. The zero-order chi connectivity index (χ0) is 24.4. The fraction of sp³-hybridized carbons (Fsp3) is 0.407. The Morgan fingerprint density at radius 1 is 1.03 bits per heavy atom. The Morgan fingerprint density at radius 3 is 2.40 bits per heavy atom. The average Bonchev–Trinajstić information content (AvgIpc) is 3.45. The van der Waals surface area contributed by atoms with Crippen LogP contribution in [-0.2, 0) is 4.74 Å². The van der Waals surface area contributed by atoms with Crippen LogP contribution in [0.25, 0.3) is 5.69 Å². The first-order valence-electron chi connectivity index (χ1n) is 12.2. The van der Waals surface area contributed by atoms with E-state index < -0.39 is 0 Å². The molecule has 2 fully saturated rings. The third kappa shape index (κ3) is 4.98. The van der Waals surface area contributed by atoms with Crippen LogP contribution in [0.15, 0.2) is 54.9 Å². The molecule has 0 saturated carbocycles. The maximum atomic E-state index is 12.7. The van der Waals surface area contributed by atoms with Gasteiger partial charge in [0.1, 0.15) is 0 Å². The Bertz CT molecular complexity index is 1200. The number of carbonyl (C=O) groups excluding carboxylic acids is 2. The third-order valence-corrected chi connectivity index (χ3v) is 7.10. The number of nitrogens with one attached hydrogen (secondary N) is 1. The molecule has 2 amide bonds. The zero-order valence-electron chi connectivity index (χ0n) is 20.2. The molecular formula is C27H31N5O3. The van der Waals surface area contributed by atoms with Crippen LogP contribution in [0.4, 0.5) is 0 Å². The first-order chi connectivity index (χ1) is 16.9. The molecule has 5 rings (SSSR count). The number of benzene rings is 1. The highest BCUT2D eigenvalue weighted by atomic mass is 16.5. The molecule has 182 valence electrons. The molecule has 1 atom stereocenters. The van der Waals surface area contributed by atoms with Crippen molar-refractivity contribution < 1.29 is 14.3 Å². The van der Waals surface area contributed by atoms with E-state index >= 15 is 0 Å². The topological polar surface area (TPSA) is 89.4 Å². The second-order valence-electron chi connectivity index (χ2n) is 9.59. The van der Waals surface area contributed by atoms with Crippen LogP contribution in [0.3, 0.4) is 0 Å². The van der Waals surface area contributed by atoms with E-state index in [9.17, 15) is 9.59 Å². The van der Waals surface area contributed by atoms with Gasteiger partial charge < -0.3 is 15.0 Å². The summed E-state index contributed by atoms with van der Waals surface area (Å²) in [5, 5.41) is 7.52. The molecule has 0 unspecified atom stereocenters. The van der Waals surface area contributed by atoms with E-state index in [0.717, 1.165) is 42.8 Å². The minimum absolute atomic E-state index is 0.00429. The van der Waals surface area contributed by atoms with Crippen molar-refractivity contribution in [1.29, 1.82) is 0 Å². The summed E-state index contributed by atoms with van der Waals surface area (Å²) < 4.78 is 8.30. The average molecular weight is 474 g/mol. The van der Waals surface area contributed by atoms with Gasteiger partial charge >= 0.3 is 0 Å². The molecule has 0 aliphatic carbocycles. The Morgan fingerprint density at radius 2 is 1.74 bits per heavy atom. The van der Waals surface area contributed by atoms with Crippen LogP contribution in [0, 0.1) is 13.8 Å². The van der Waals surface area contributed by atoms with Crippen molar-refractivity contribution in [2.24, 2.45) is 0 Å². The highest BCUT2D eigenvalue weighted by Crippen LogP contribution is 2.39. The summed E-state index contributed by atoms with van der Waals surface area (Å²) in [6.07, 6.45) is 6.80. The molecule has 2 aliphatic heterocycles. The van der Waals surface area contributed by atoms with Gasteiger partial charge in [0, 0.05) is 48.8 Å². The summed E-state index contributed by atoms with van der Waals surface area (Å²) in [6.45, 7) is 5.83. The molecule has 3 aromatic rings. The van der Waals surface area contributed by atoms with Gasteiger partial charge in [-0.1, -0.05) is 0 Å². The molecule has 8 nitrogen and oxygen atoms in total. The summed E-state index contributed by atoms with van der Waals surface area (Å²) in [5.41, 5.74) is 4.05. The van der Waals surface area contributed by atoms with Crippen molar-refractivity contribution in [3.63, 3.8) is 0 Å². The van der Waals surface area contributed by atoms with Crippen molar-refractivity contribution in [2.75, 3.05) is 19.6 Å². The monoisotopic (exact) mass is 473 g/mol. The Kier molecular flexibility index (Phi) is 6.38. The number of ether oxygens (including phenoxy) is 1. The van der Waals surface area contributed by atoms with Gasteiger partial charge in [-0.15, -0.1) is 0 Å². The van der Waals surface area contributed by atoms with Crippen LogP contribution < -0.4 is 5.32 Å². The van der Waals surface area contributed by atoms with E-state index in [1.54, 1.807) is 24.5 Å². The van der Waals surface area contributed by atoms with E-state index in [-0.39, 0.29) is 23.5 Å². The summed E-state index contributed by atoms with van der Waals surface area (Å²) in [7, 11) is 0. The number of nitrogens with zero attached hydrogens (tertiary/aromatic N) is 4. The number of aromatic nitrogens is 3. The van der Waals surface area contributed by atoms with E-state index in [1.807, 2.05) is 53.8 Å². The van der Waals surface area contributed by atoms with Crippen molar-refractivity contribution in [3.8, 4) is 5.69 Å². The fourth-order valence-electron chi connectivity index (χ4n) is 5.15. The molecule has 35 heavy (non-hydrogen) atoms. The summed E-state index contributed by atoms with van der Waals surface area (Å²) in [4.78, 5) is 31.3. The van der Waals surface area contributed by atoms with Gasteiger partial charge in [-0.3, -0.25) is 14.6 Å². The van der Waals surface area contributed by atoms with E-state index in [2.05, 4.69) is 15.4 Å². The van der Waals surface area contributed by atoms with E-state index in [4.69, 9.17) is 4.74 Å². The number of rotatable bonds is 5. The number of likely N-dealkylation sites (tertiary alicyclic amines) is 1. The molecule has 0 radical (unpaired) electrons. The number of pyridine rings is 1. The normalized spacial score (nSPS) is 19.1. The second kappa shape index (κ2) is 9.62. The standard InChI is InChI=1S/C27H31N5O3/c1-19-17-20(2)32(30-19)23-5-3-21(4-6-23)25(33)29-18-24-7-10-27(35-24)11-15-31(16-12-27)26(34)22-8-13-28-14-9-22/h3-6,8-9,13-14,17,24H,7,10-12,15-16,18H2,1-2H3,(H,29,33)/t24-/m0/s1. The molecule has 1 spiro atoms. The maximum absolute atomic E-state index is 12.7. The first-order valence-corrected chi connectivity index (χ1v) is 12.2. The molecule has 1 N–H and O–H groups in total. The SMILES string of the molecule is Cc1cc(C)n(-c2ccc(C(=O)NC[C@@H]3CCC4(CCN(C(=O)c5ccncc5)CC4)O3)cc2)n1. The van der Waals surface area contributed by atoms with E-state index in [0.29, 0.717) is 30.8 Å². The van der Waals surface area contributed by atoms with Gasteiger partial charge in [-0.25, -0.2) is 4.68 Å². The zero-order valence-corrected chi connectivity index (χ0v) is 20.2. The molecule has 2 saturated heterocycles. The second-order valence-corrected chi connectivity index (χ2v) is 9.59. The smallest absolute Gasteiger partial charge is 0.253 e. The van der Waals surface area contributed by atoms with Crippen LogP contribution in [0.1, 0.15) is 57.8 Å². The minimum Gasteiger partial charge on any atom is -0.370 e. The van der Waals surface area contributed by atoms with Crippen molar-refractivity contribution in [3.05, 3.63) is 77.4 Å². The maximum Gasteiger partial charge on any atom is 0.253 e. The largest absolute Gasteiger partial charge is 0.370 e. The van der Waals surface area contributed by atoms with Crippen molar-refractivity contribution in [1.82, 2.24) is 25.0 Å². The molecule has 4 heterocycles. The van der Waals surface area contributed by atoms with Crippen molar-refractivity contribution >= 4 is 11.8 Å².